The number of nitrogens with zero attached hydrogens (tertiary/aromatic N) is 1. The first-order valence-electron chi connectivity index (χ1n) is 8.94. The van der Waals surface area contributed by atoms with Gasteiger partial charge in [-0.1, -0.05) is 23.7 Å². The molecule has 2 heterocycles. The number of sulfonamides is 1. The number of hydrogen-bond donors (Lipinski definition) is 2. The van der Waals surface area contributed by atoms with E-state index in [1.54, 1.807) is 12.1 Å². The molecule has 1 aliphatic rings. The molecule has 0 atom stereocenters. The fourth-order valence-corrected chi connectivity index (χ4v) is 4.33. The van der Waals surface area contributed by atoms with Crippen molar-refractivity contribution in [2.24, 2.45) is 0 Å². The summed E-state index contributed by atoms with van der Waals surface area (Å²) in [5.74, 6) is -0.0489. The maximum absolute atomic E-state index is 13.2. The van der Waals surface area contributed by atoms with Crippen LogP contribution in [0.25, 0.3) is 0 Å². The van der Waals surface area contributed by atoms with Crippen molar-refractivity contribution in [1.29, 1.82) is 0 Å². The molecule has 0 aliphatic carbocycles. The number of nitrogens with one attached hydrogen (secondary N) is 2. The second kappa shape index (κ2) is 8.50. The number of carbonyl (C=O) groups excluding carboxylic acids is 1. The summed E-state index contributed by atoms with van der Waals surface area (Å²) < 4.78 is 51.8. The van der Waals surface area contributed by atoms with Crippen molar-refractivity contribution in [3.05, 3.63) is 71.1 Å². The topological polar surface area (TPSA) is 107 Å². The van der Waals surface area contributed by atoms with Crippen LogP contribution in [0.5, 0.6) is 17.4 Å². The van der Waals surface area contributed by atoms with Crippen molar-refractivity contribution < 1.29 is 27.1 Å². The average Bonchev–Trinajstić information content (AvgIpc) is 2.72. The van der Waals surface area contributed by atoms with Gasteiger partial charge in [-0.2, -0.15) is 0 Å². The van der Waals surface area contributed by atoms with E-state index in [0.717, 1.165) is 0 Å². The highest BCUT2D eigenvalue weighted by Crippen LogP contribution is 2.35. The highest BCUT2D eigenvalue weighted by atomic mass is 35.5. The highest BCUT2D eigenvalue weighted by molar-refractivity contribution is 7.89. The molecule has 1 amide bonds. The van der Waals surface area contributed by atoms with E-state index >= 15 is 0 Å². The molecular formula is C20H15ClFN3O5S. The fourth-order valence-electron chi connectivity index (χ4n) is 2.77. The second-order valence-electron chi connectivity index (χ2n) is 6.50. The molecule has 2 N–H and O–H groups in total. The maximum Gasteiger partial charge on any atom is 0.262 e. The second-order valence-corrected chi connectivity index (χ2v) is 8.65. The number of hydrogen-bond acceptors (Lipinski definition) is 6. The van der Waals surface area contributed by atoms with E-state index in [9.17, 15) is 17.6 Å². The number of amides is 1. The fraction of sp³-hybridized carbons (Fsp3) is 0.100. The van der Waals surface area contributed by atoms with Crippen molar-refractivity contribution in [2.75, 3.05) is 11.9 Å². The third kappa shape index (κ3) is 4.93. The van der Waals surface area contributed by atoms with E-state index in [1.807, 2.05) is 0 Å². The first-order valence-corrected chi connectivity index (χ1v) is 10.8. The van der Waals surface area contributed by atoms with Crippen molar-refractivity contribution >= 4 is 33.2 Å². The SMILES string of the molecule is O=C1COc2cc(S(=O)(=O)NCc3ccc(Oc4cccc(F)c4)nc3)c(Cl)cc2N1. The average molecular weight is 464 g/mol. The largest absolute Gasteiger partial charge is 0.482 e. The Balaban J connectivity index is 1.44. The number of aromatic nitrogens is 1. The number of anilines is 1. The molecule has 0 unspecified atom stereocenters. The van der Waals surface area contributed by atoms with Crippen molar-refractivity contribution in [2.45, 2.75) is 11.4 Å². The molecule has 1 aliphatic heterocycles. The number of rotatable bonds is 6. The quantitative estimate of drug-likeness (QED) is 0.579. The van der Waals surface area contributed by atoms with Gasteiger partial charge in [0.15, 0.2) is 6.61 Å². The molecule has 0 fully saturated rings. The van der Waals surface area contributed by atoms with Crippen LogP contribution in [0, 0.1) is 5.82 Å². The molecule has 31 heavy (non-hydrogen) atoms. The predicted octanol–water partition coefficient (Wildman–Crippen LogP) is 3.48. The molecule has 11 heteroatoms. The molecule has 3 aromatic rings. The first kappa shape index (κ1) is 21.0. The lowest BCUT2D eigenvalue weighted by atomic mass is 10.2. The van der Waals surface area contributed by atoms with Crippen molar-refractivity contribution in [3.63, 3.8) is 0 Å². The van der Waals surface area contributed by atoms with Gasteiger partial charge >= 0.3 is 0 Å². The Bertz CT molecular complexity index is 1250. The number of pyridine rings is 1. The zero-order valence-corrected chi connectivity index (χ0v) is 17.3. The predicted molar refractivity (Wildman–Crippen MR) is 110 cm³/mol. The Morgan fingerprint density at radius 2 is 2.06 bits per heavy atom. The third-order valence-electron chi connectivity index (χ3n) is 4.24. The van der Waals surface area contributed by atoms with Crippen LogP contribution in [0.1, 0.15) is 5.56 Å². The third-order valence-corrected chi connectivity index (χ3v) is 6.10. The highest BCUT2D eigenvalue weighted by Gasteiger charge is 2.24. The van der Waals surface area contributed by atoms with Gasteiger partial charge in [0.25, 0.3) is 5.91 Å². The molecule has 0 saturated carbocycles. The Hall–Kier alpha value is -3.21. The number of benzene rings is 2. The normalized spacial score (nSPS) is 13.2. The molecule has 0 spiro atoms. The minimum Gasteiger partial charge on any atom is -0.482 e. The van der Waals surface area contributed by atoms with E-state index < -0.39 is 15.8 Å². The molecular weight excluding hydrogens is 449 g/mol. The molecule has 1 aromatic heterocycles. The summed E-state index contributed by atoms with van der Waals surface area (Å²) in [5.41, 5.74) is 0.867. The number of fused-ring (bicyclic) bond motifs is 1. The lowest BCUT2D eigenvalue weighted by Crippen LogP contribution is -2.27. The van der Waals surface area contributed by atoms with Gasteiger partial charge in [-0.3, -0.25) is 4.79 Å². The van der Waals surface area contributed by atoms with E-state index in [-0.39, 0.29) is 40.6 Å². The number of halogens is 2. The van der Waals surface area contributed by atoms with E-state index in [0.29, 0.717) is 17.0 Å². The van der Waals surface area contributed by atoms with Gasteiger partial charge in [0.1, 0.15) is 22.2 Å². The van der Waals surface area contributed by atoms with Crippen LogP contribution in [0.4, 0.5) is 10.1 Å². The van der Waals surface area contributed by atoms with Gasteiger partial charge in [0, 0.05) is 30.9 Å². The zero-order chi connectivity index (χ0) is 22.0. The van der Waals surface area contributed by atoms with Gasteiger partial charge in [0.2, 0.25) is 15.9 Å². The van der Waals surface area contributed by atoms with E-state index in [1.165, 1.54) is 42.6 Å². The van der Waals surface area contributed by atoms with Gasteiger partial charge in [-0.25, -0.2) is 22.5 Å². The molecule has 8 nitrogen and oxygen atoms in total. The minimum absolute atomic E-state index is 0.0550. The lowest BCUT2D eigenvalue weighted by molar-refractivity contribution is -0.118. The molecule has 0 saturated heterocycles. The molecule has 0 radical (unpaired) electrons. The van der Waals surface area contributed by atoms with Crippen molar-refractivity contribution in [1.82, 2.24) is 9.71 Å². The summed E-state index contributed by atoms with van der Waals surface area (Å²) in [5, 5.41) is 2.50. The molecule has 4 rings (SSSR count). The monoisotopic (exact) mass is 463 g/mol. The van der Waals surface area contributed by atoms with Crippen LogP contribution in [0.2, 0.25) is 5.02 Å². The van der Waals surface area contributed by atoms with Crippen LogP contribution in [-0.4, -0.2) is 25.9 Å². The first-order chi connectivity index (χ1) is 14.8. The summed E-state index contributed by atoms with van der Waals surface area (Å²) in [7, 11) is -3.97. The maximum atomic E-state index is 13.2. The number of ether oxygens (including phenoxy) is 2. The van der Waals surface area contributed by atoms with Crippen LogP contribution >= 0.6 is 11.6 Å². The molecule has 2 aromatic carbocycles. The lowest BCUT2D eigenvalue weighted by Gasteiger charge is -2.19. The standard InChI is InChI=1S/C20H15ClFN3O5S/c21-15-7-16-17(29-11-19(26)25-16)8-18(15)31(27,28)24-10-12-4-5-20(23-9-12)30-14-3-1-2-13(22)6-14/h1-9,24H,10-11H2,(H,25,26). The van der Waals surface area contributed by atoms with Crippen LogP contribution in [-0.2, 0) is 21.4 Å². The van der Waals surface area contributed by atoms with Gasteiger partial charge in [-0.15, -0.1) is 0 Å². The number of carbonyl (C=O) groups is 1. The molecule has 160 valence electrons. The van der Waals surface area contributed by atoms with Crippen LogP contribution in [0.15, 0.2) is 59.6 Å². The van der Waals surface area contributed by atoms with Crippen LogP contribution in [0.3, 0.4) is 0 Å². The summed E-state index contributed by atoms with van der Waals surface area (Å²) in [4.78, 5) is 15.3. The van der Waals surface area contributed by atoms with Gasteiger partial charge in [-0.05, 0) is 23.8 Å². The Morgan fingerprint density at radius 1 is 1.23 bits per heavy atom. The zero-order valence-electron chi connectivity index (χ0n) is 15.8. The van der Waals surface area contributed by atoms with E-state index in [2.05, 4.69) is 15.0 Å². The van der Waals surface area contributed by atoms with Gasteiger partial charge < -0.3 is 14.8 Å². The van der Waals surface area contributed by atoms with Crippen LogP contribution < -0.4 is 19.5 Å². The summed E-state index contributed by atoms with van der Waals surface area (Å²) in [6.45, 7) is -0.266. The Morgan fingerprint density at radius 3 is 2.81 bits per heavy atom. The summed E-state index contributed by atoms with van der Waals surface area (Å²) >= 11 is 6.10. The summed E-state index contributed by atoms with van der Waals surface area (Å²) in [6, 6.07) is 11.4. The Labute approximate surface area is 182 Å². The smallest absolute Gasteiger partial charge is 0.262 e. The summed E-state index contributed by atoms with van der Waals surface area (Å²) in [6.07, 6.45) is 1.43. The van der Waals surface area contributed by atoms with Gasteiger partial charge in [0.05, 0.1) is 10.7 Å². The Kier molecular flexibility index (Phi) is 5.77. The minimum atomic E-state index is -3.97. The molecule has 0 bridgehead atoms. The van der Waals surface area contributed by atoms with E-state index in [4.69, 9.17) is 21.1 Å². The van der Waals surface area contributed by atoms with Crippen molar-refractivity contribution in [3.8, 4) is 17.4 Å².